The van der Waals surface area contributed by atoms with E-state index in [-0.39, 0.29) is 11.0 Å². The van der Waals surface area contributed by atoms with Crippen molar-refractivity contribution in [3.05, 3.63) is 42.0 Å². The second kappa shape index (κ2) is 3.79. The van der Waals surface area contributed by atoms with Crippen LogP contribution >= 0.6 is 0 Å². The van der Waals surface area contributed by atoms with Crippen LogP contribution in [0.2, 0.25) is 0 Å². The molecular formula is C17H18O3S. The van der Waals surface area contributed by atoms with Crippen molar-refractivity contribution in [2.75, 3.05) is 0 Å². The van der Waals surface area contributed by atoms with Crippen molar-refractivity contribution in [3.63, 3.8) is 0 Å². The fourth-order valence-corrected chi connectivity index (χ4v) is 6.52. The Morgan fingerprint density at radius 3 is 2.48 bits per heavy atom. The van der Waals surface area contributed by atoms with Crippen LogP contribution in [0.4, 0.5) is 0 Å². The maximum Gasteiger partial charge on any atom is 0.297 e. The van der Waals surface area contributed by atoms with Gasteiger partial charge < -0.3 is 0 Å². The smallest absolute Gasteiger partial charge is 0.263 e. The van der Waals surface area contributed by atoms with Gasteiger partial charge in [-0.3, -0.25) is 4.18 Å². The van der Waals surface area contributed by atoms with Crippen LogP contribution in [0.3, 0.4) is 0 Å². The van der Waals surface area contributed by atoms with Crippen LogP contribution in [0.1, 0.15) is 12.0 Å². The summed E-state index contributed by atoms with van der Waals surface area (Å²) in [6.45, 7) is 1.95. The minimum atomic E-state index is -3.63. The lowest BCUT2D eigenvalue weighted by atomic mass is 9.44. The predicted octanol–water partition coefficient (Wildman–Crippen LogP) is 2.77. The Labute approximate surface area is 125 Å². The second-order valence-electron chi connectivity index (χ2n) is 7.07. The Morgan fingerprint density at radius 1 is 1.00 bits per heavy atom. The Kier molecular flexibility index (Phi) is 2.24. The summed E-state index contributed by atoms with van der Waals surface area (Å²) in [5.41, 5.74) is 1.05. The van der Waals surface area contributed by atoms with Crippen LogP contribution in [0.5, 0.6) is 0 Å². The van der Waals surface area contributed by atoms with Crippen LogP contribution in [-0.4, -0.2) is 14.5 Å². The molecule has 0 saturated heterocycles. The molecule has 3 saturated carbocycles. The molecule has 110 valence electrons. The van der Waals surface area contributed by atoms with Gasteiger partial charge in [-0.15, -0.1) is 0 Å². The Hall–Kier alpha value is -1.13. The van der Waals surface area contributed by atoms with E-state index >= 15 is 0 Å². The van der Waals surface area contributed by atoms with Gasteiger partial charge in [0, 0.05) is 0 Å². The average Bonchev–Trinajstić information content (AvgIpc) is 2.67. The highest BCUT2D eigenvalue weighted by Gasteiger charge is 2.73. The summed E-state index contributed by atoms with van der Waals surface area (Å²) in [6, 6.07) is 6.92. The van der Waals surface area contributed by atoms with E-state index in [0.717, 1.165) is 23.8 Å². The van der Waals surface area contributed by atoms with Gasteiger partial charge >= 0.3 is 0 Å². The summed E-state index contributed by atoms with van der Waals surface area (Å²) < 4.78 is 30.6. The van der Waals surface area contributed by atoms with Gasteiger partial charge in [0.2, 0.25) is 0 Å². The predicted molar refractivity (Wildman–Crippen MR) is 77.9 cm³/mol. The van der Waals surface area contributed by atoms with Gasteiger partial charge in [0.25, 0.3) is 10.1 Å². The van der Waals surface area contributed by atoms with E-state index in [4.69, 9.17) is 4.18 Å². The summed E-state index contributed by atoms with van der Waals surface area (Å²) in [4.78, 5) is 0.281. The average molecular weight is 302 g/mol. The zero-order chi connectivity index (χ0) is 14.4. The van der Waals surface area contributed by atoms with Gasteiger partial charge in [0.15, 0.2) is 0 Å². The van der Waals surface area contributed by atoms with Crippen molar-refractivity contribution in [1.29, 1.82) is 0 Å². The largest absolute Gasteiger partial charge is 0.297 e. The van der Waals surface area contributed by atoms with E-state index in [1.807, 2.05) is 19.1 Å². The monoisotopic (exact) mass is 302 g/mol. The molecule has 0 unspecified atom stereocenters. The third kappa shape index (κ3) is 1.45. The molecule has 4 heteroatoms. The SMILES string of the molecule is Cc1ccc(S(=O)(=O)O[C@@H]2C[C@@H]3[C@@H]4C=C[C@H]5[C@H]4[C@H]3[C@@H]52)cc1. The number of aryl methyl sites for hydroxylation is 1. The minimum absolute atomic E-state index is 0.109. The lowest BCUT2D eigenvalue weighted by Crippen LogP contribution is -2.58. The quantitative estimate of drug-likeness (QED) is 0.637. The van der Waals surface area contributed by atoms with Crippen LogP contribution in [0, 0.1) is 42.4 Å². The van der Waals surface area contributed by atoms with Gasteiger partial charge in [-0.1, -0.05) is 29.8 Å². The molecule has 0 aliphatic heterocycles. The third-order valence-corrected chi connectivity index (χ3v) is 7.61. The molecule has 0 amide bonds. The topological polar surface area (TPSA) is 43.4 Å². The number of allylic oxidation sites excluding steroid dienone is 2. The molecule has 1 aromatic carbocycles. The van der Waals surface area contributed by atoms with E-state index in [1.54, 1.807) is 12.1 Å². The Balaban J connectivity index is 1.41. The summed E-state index contributed by atoms with van der Waals surface area (Å²) in [5.74, 6) is 3.95. The van der Waals surface area contributed by atoms with Crippen molar-refractivity contribution in [2.24, 2.45) is 35.5 Å². The van der Waals surface area contributed by atoms with E-state index < -0.39 is 10.1 Å². The standard InChI is InChI=1S/C17H18O3S/c1-9-2-4-10(5-3-9)21(18,19)20-14-8-13-11-6-7-12-15(11)17(13)16(12)14/h2-7,11-17H,8H2,1H3/t11-,12-,13+,14+,15-,16-,17-/m0/s1. The summed E-state index contributed by atoms with van der Waals surface area (Å²) >= 11 is 0. The maximum atomic E-state index is 12.5. The second-order valence-corrected chi connectivity index (χ2v) is 8.65. The van der Waals surface area contributed by atoms with Crippen molar-refractivity contribution < 1.29 is 12.6 Å². The van der Waals surface area contributed by atoms with Crippen molar-refractivity contribution in [1.82, 2.24) is 0 Å². The van der Waals surface area contributed by atoms with Crippen LogP contribution in [-0.2, 0) is 14.3 Å². The molecule has 0 radical (unpaired) electrons. The number of rotatable bonds is 3. The molecule has 3 nitrogen and oxygen atoms in total. The van der Waals surface area contributed by atoms with Crippen LogP contribution < -0.4 is 0 Å². The third-order valence-electron chi connectivity index (χ3n) is 6.26. The van der Waals surface area contributed by atoms with E-state index in [9.17, 15) is 8.42 Å². The molecule has 0 heterocycles. The van der Waals surface area contributed by atoms with Gasteiger partial charge in [-0.05, 0) is 61.0 Å². The van der Waals surface area contributed by atoms with E-state index in [0.29, 0.717) is 23.7 Å². The Bertz CT molecular complexity index is 734. The van der Waals surface area contributed by atoms with Gasteiger partial charge in [0.05, 0.1) is 11.0 Å². The van der Waals surface area contributed by atoms with Crippen molar-refractivity contribution in [2.45, 2.75) is 24.3 Å². The first kappa shape index (κ1) is 12.4. The normalized spacial score (nSPS) is 45.1. The highest BCUT2D eigenvalue weighted by molar-refractivity contribution is 7.86. The molecule has 1 aromatic rings. The summed E-state index contributed by atoms with van der Waals surface area (Å²) in [5, 5.41) is 0. The molecule has 0 bridgehead atoms. The first-order chi connectivity index (χ1) is 10.1. The zero-order valence-corrected chi connectivity index (χ0v) is 12.7. The maximum absolute atomic E-state index is 12.5. The lowest BCUT2D eigenvalue weighted by Gasteiger charge is -2.59. The first-order valence-electron chi connectivity index (χ1n) is 7.74. The molecule has 0 spiro atoms. The van der Waals surface area contributed by atoms with Crippen molar-refractivity contribution >= 4 is 10.1 Å². The van der Waals surface area contributed by atoms with Gasteiger partial charge in [0.1, 0.15) is 0 Å². The number of hydrogen-bond donors (Lipinski definition) is 0. The zero-order valence-electron chi connectivity index (χ0n) is 11.8. The highest BCUT2D eigenvalue weighted by atomic mass is 32.2. The molecule has 0 aromatic heterocycles. The molecule has 5 rings (SSSR count). The first-order valence-corrected chi connectivity index (χ1v) is 9.15. The van der Waals surface area contributed by atoms with Crippen LogP contribution in [0.15, 0.2) is 41.3 Å². The van der Waals surface area contributed by atoms with Crippen molar-refractivity contribution in [3.8, 4) is 0 Å². The fourth-order valence-electron chi connectivity index (χ4n) is 5.41. The molecule has 4 aliphatic rings. The van der Waals surface area contributed by atoms with Gasteiger partial charge in [-0.25, -0.2) is 0 Å². The molecule has 7 atom stereocenters. The fraction of sp³-hybridized carbons (Fsp3) is 0.529. The summed E-state index contributed by atoms with van der Waals surface area (Å²) in [7, 11) is -3.63. The molecule has 0 N–H and O–H groups in total. The number of fused-ring (bicyclic) bond motifs is 2. The van der Waals surface area contributed by atoms with E-state index in [2.05, 4.69) is 12.2 Å². The Morgan fingerprint density at radius 2 is 1.71 bits per heavy atom. The van der Waals surface area contributed by atoms with Crippen LogP contribution in [0.25, 0.3) is 0 Å². The summed E-state index contributed by atoms with van der Waals surface area (Å²) in [6.07, 6.45) is 5.48. The molecule has 4 aliphatic carbocycles. The lowest BCUT2D eigenvalue weighted by molar-refractivity contribution is -0.125. The minimum Gasteiger partial charge on any atom is -0.263 e. The van der Waals surface area contributed by atoms with Gasteiger partial charge in [-0.2, -0.15) is 8.42 Å². The van der Waals surface area contributed by atoms with E-state index in [1.165, 1.54) is 0 Å². The number of hydrogen-bond acceptors (Lipinski definition) is 3. The highest BCUT2D eigenvalue weighted by Crippen LogP contribution is 2.75. The molecule has 21 heavy (non-hydrogen) atoms. The molecular weight excluding hydrogens is 284 g/mol. The molecule has 3 fully saturated rings. The number of benzene rings is 1.